The van der Waals surface area contributed by atoms with Crippen LogP contribution in [0, 0.1) is 0 Å². The summed E-state index contributed by atoms with van der Waals surface area (Å²) in [4.78, 5) is 0. The molecule has 0 bridgehead atoms. The van der Waals surface area contributed by atoms with E-state index in [0.29, 0.717) is 11.6 Å². The first kappa shape index (κ1) is 15.3. The van der Waals surface area contributed by atoms with Crippen molar-refractivity contribution >= 4 is 0 Å². The van der Waals surface area contributed by atoms with Crippen molar-refractivity contribution in [2.75, 3.05) is 7.05 Å². The van der Waals surface area contributed by atoms with Crippen molar-refractivity contribution < 1.29 is 17.9 Å². The van der Waals surface area contributed by atoms with E-state index in [-0.39, 0.29) is 12.7 Å². The number of ether oxygens (including phenoxy) is 1. The smallest absolute Gasteiger partial charge is 0.374 e. The maximum absolute atomic E-state index is 12.6. The minimum atomic E-state index is -4.29. The molecule has 0 heterocycles. The lowest BCUT2D eigenvalue weighted by atomic mass is 9.93. The lowest BCUT2D eigenvalue weighted by Crippen LogP contribution is -2.32. The van der Waals surface area contributed by atoms with E-state index in [1.165, 1.54) is 12.1 Å². The summed E-state index contributed by atoms with van der Waals surface area (Å²) in [5, 5.41) is 3.24. The summed E-state index contributed by atoms with van der Waals surface area (Å²) < 4.78 is 43.5. The van der Waals surface area contributed by atoms with Crippen molar-refractivity contribution in [2.45, 2.75) is 50.6 Å². The predicted octanol–water partition coefficient (Wildman–Crippen LogP) is 3.75. The van der Waals surface area contributed by atoms with Crippen LogP contribution in [-0.4, -0.2) is 19.2 Å². The van der Waals surface area contributed by atoms with Crippen LogP contribution in [0.1, 0.15) is 36.8 Å². The number of hydrogen-bond donors (Lipinski definition) is 1. The predicted molar refractivity (Wildman–Crippen MR) is 71.3 cm³/mol. The van der Waals surface area contributed by atoms with Gasteiger partial charge in [0.1, 0.15) is 0 Å². The zero-order valence-electron chi connectivity index (χ0n) is 11.5. The van der Waals surface area contributed by atoms with E-state index in [0.717, 1.165) is 31.7 Å². The minimum Gasteiger partial charge on any atom is -0.374 e. The van der Waals surface area contributed by atoms with Gasteiger partial charge in [-0.3, -0.25) is 0 Å². The molecular formula is C15H20F3NO. The molecule has 2 nitrogen and oxygen atoms in total. The van der Waals surface area contributed by atoms with E-state index in [2.05, 4.69) is 5.32 Å². The number of benzene rings is 1. The van der Waals surface area contributed by atoms with E-state index in [1.54, 1.807) is 6.07 Å². The van der Waals surface area contributed by atoms with Gasteiger partial charge in [-0.05, 0) is 50.4 Å². The number of rotatable bonds is 4. The van der Waals surface area contributed by atoms with Crippen LogP contribution in [0.2, 0.25) is 0 Å². The topological polar surface area (TPSA) is 21.3 Å². The van der Waals surface area contributed by atoms with Crippen LogP contribution in [0.25, 0.3) is 0 Å². The monoisotopic (exact) mass is 287 g/mol. The molecule has 1 N–H and O–H groups in total. The Morgan fingerprint density at radius 1 is 1.20 bits per heavy atom. The van der Waals surface area contributed by atoms with Crippen LogP contribution >= 0.6 is 0 Å². The second-order valence-electron chi connectivity index (χ2n) is 5.27. The van der Waals surface area contributed by atoms with Gasteiger partial charge < -0.3 is 10.1 Å². The van der Waals surface area contributed by atoms with Crippen molar-refractivity contribution in [2.24, 2.45) is 0 Å². The Kier molecular flexibility index (Phi) is 5.05. The standard InChI is InChI=1S/C15H20F3NO/c1-19-13-5-7-14(8-6-13)20-10-11-3-2-4-12(9-11)15(16,17)18/h2-4,9,13-14,19H,5-8,10H2,1H3. The van der Waals surface area contributed by atoms with Crippen LogP contribution in [0.15, 0.2) is 24.3 Å². The Balaban J connectivity index is 1.85. The molecule has 5 heteroatoms. The van der Waals surface area contributed by atoms with Crippen LogP contribution in [0.4, 0.5) is 13.2 Å². The van der Waals surface area contributed by atoms with Crippen LogP contribution in [0.3, 0.4) is 0 Å². The minimum absolute atomic E-state index is 0.161. The van der Waals surface area contributed by atoms with Gasteiger partial charge in [0.05, 0.1) is 18.3 Å². The van der Waals surface area contributed by atoms with Gasteiger partial charge in [-0.1, -0.05) is 12.1 Å². The van der Waals surface area contributed by atoms with Crippen LogP contribution < -0.4 is 5.32 Å². The lowest BCUT2D eigenvalue weighted by molar-refractivity contribution is -0.137. The average Bonchev–Trinajstić information content (AvgIpc) is 2.45. The molecule has 0 radical (unpaired) electrons. The first-order chi connectivity index (χ1) is 9.49. The molecule has 0 saturated heterocycles. The Hall–Kier alpha value is -1.07. The summed E-state index contributed by atoms with van der Waals surface area (Å²) in [6.45, 7) is 0.249. The van der Waals surface area contributed by atoms with Crippen molar-refractivity contribution in [3.63, 3.8) is 0 Å². The molecule has 0 aromatic heterocycles. The molecule has 1 aliphatic carbocycles. The van der Waals surface area contributed by atoms with Gasteiger partial charge in [-0.15, -0.1) is 0 Å². The second-order valence-corrected chi connectivity index (χ2v) is 5.27. The third-order valence-corrected chi connectivity index (χ3v) is 3.82. The van der Waals surface area contributed by atoms with Gasteiger partial charge in [-0.2, -0.15) is 13.2 Å². The zero-order chi connectivity index (χ0) is 14.6. The van der Waals surface area contributed by atoms with Crippen molar-refractivity contribution in [3.8, 4) is 0 Å². The number of hydrogen-bond acceptors (Lipinski definition) is 2. The highest BCUT2D eigenvalue weighted by molar-refractivity contribution is 5.25. The molecule has 1 fully saturated rings. The molecule has 20 heavy (non-hydrogen) atoms. The molecule has 0 aliphatic heterocycles. The quantitative estimate of drug-likeness (QED) is 0.910. The first-order valence-electron chi connectivity index (χ1n) is 6.94. The maximum atomic E-state index is 12.6. The number of halogens is 3. The van der Waals surface area contributed by atoms with Crippen molar-refractivity contribution in [3.05, 3.63) is 35.4 Å². The van der Waals surface area contributed by atoms with Gasteiger partial charge in [0.15, 0.2) is 0 Å². The molecule has 1 aliphatic rings. The third kappa shape index (κ3) is 4.21. The summed E-state index contributed by atoms with van der Waals surface area (Å²) in [6.07, 6.45) is -0.0855. The van der Waals surface area contributed by atoms with Crippen molar-refractivity contribution in [1.82, 2.24) is 5.32 Å². The van der Waals surface area contributed by atoms with E-state index in [9.17, 15) is 13.2 Å². The lowest BCUT2D eigenvalue weighted by Gasteiger charge is -2.28. The summed E-state index contributed by atoms with van der Waals surface area (Å²) in [6, 6.07) is 5.90. The second kappa shape index (κ2) is 6.59. The molecule has 112 valence electrons. The van der Waals surface area contributed by atoms with Crippen LogP contribution in [-0.2, 0) is 17.5 Å². The van der Waals surface area contributed by atoms with E-state index in [1.807, 2.05) is 7.05 Å². The molecular weight excluding hydrogens is 267 g/mol. The van der Waals surface area contributed by atoms with E-state index >= 15 is 0 Å². The fourth-order valence-corrected chi connectivity index (χ4v) is 2.57. The molecule has 1 saturated carbocycles. The fraction of sp³-hybridized carbons (Fsp3) is 0.600. The molecule has 1 aromatic rings. The average molecular weight is 287 g/mol. The first-order valence-corrected chi connectivity index (χ1v) is 6.94. The van der Waals surface area contributed by atoms with Crippen molar-refractivity contribution in [1.29, 1.82) is 0 Å². The Labute approximate surface area is 117 Å². The molecule has 0 unspecified atom stereocenters. The van der Waals surface area contributed by atoms with Gasteiger partial charge in [-0.25, -0.2) is 0 Å². The summed E-state index contributed by atoms with van der Waals surface area (Å²) in [5.74, 6) is 0. The highest BCUT2D eigenvalue weighted by Gasteiger charge is 2.30. The molecule has 0 atom stereocenters. The number of nitrogens with one attached hydrogen (secondary N) is 1. The summed E-state index contributed by atoms with van der Waals surface area (Å²) in [5.41, 5.74) is -0.0342. The Morgan fingerprint density at radius 2 is 1.90 bits per heavy atom. The number of alkyl halides is 3. The zero-order valence-corrected chi connectivity index (χ0v) is 11.5. The highest BCUT2D eigenvalue weighted by Crippen LogP contribution is 2.30. The molecule has 2 rings (SSSR count). The third-order valence-electron chi connectivity index (χ3n) is 3.82. The highest BCUT2D eigenvalue weighted by atomic mass is 19.4. The van der Waals surface area contributed by atoms with Gasteiger partial charge in [0, 0.05) is 6.04 Å². The Morgan fingerprint density at radius 3 is 2.50 bits per heavy atom. The maximum Gasteiger partial charge on any atom is 0.416 e. The molecule has 0 amide bonds. The molecule has 1 aromatic carbocycles. The van der Waals surface area contributed by atoms with E-state index < -0.39 is 11.7 Å². The Bertz CT molecular complexity index is 425. The van der Waals surface area contributed by atoms with Crippen LogP contribution in [0.5, 0.6) is 0 Å². The molecule has 0 spiro atoms. The van der Waals surface area contributed by atoms with Gasteiger partial charge in [0.2, 0.25) is 0 Å². The van der Waals surface area contributed by atoms with E-state index in [4.69, 9.17) is 4.74 Å². The SMILES string of the molecule is CNC1CCC(OCc2cccc(C(F)(F)F)c2)CC1. The van der Waals surface area contributed by atoms with Gasteiger partial charge in [0.25, 0.3) is 0 Å². The fourth-order valence-electron chi connectivity index (χ4n) is 2.57. The van der Waals surface area contributed by atoms with Gasteiger partial charge >= 0.3 is 6.18 Å². The largest absolute Gasteiger partial charge is 0.416 e. The summed E-state index contributed by atoms with van der Waals surface area (Å²) >= 11 is 0. The normalized spacial score (nSPS) is 23.8. The summed E-state index contributed by atoms with van der Waals surface area (Å²) in [7, 11) is 1.95.